The van der Waals surface area contributed by atoms with Gasteiger partial charge in [0.15, 0.2) is 0 Å². The number of hydrogen-bond acceptors (Lipinski definition) is 2. The van der Waals surface area contributed by atoms with E-state index in [-0.39, 0.29) is 11.8 Å². The average Bonchev–Trinajstić information content (AvgIpc) is 2.43. The Labute approximate surface area is 127 Å². The number of anilines is 1. The standard InChI is InChI=1S/C17H26N2O2/c1-5-6-17(21)18-11-12-19(14(4)20)16-9-7-15(8-10-16)13(2)3/h7-10,13H,5-6,11-12H2,1-4H3,(H,18,21). The Morgan fingerprint density at radius 3 is 2.29 bits per heavy atom. The average molecular weight is 290 g/mol. The van der Waals surface area contributed by atoms with Crippen LogP contribution in [0.2, 0.25) is 0 Å². The molecular formula is C17H26N2O2. The summed E-state index contributed by atoms with van der Waals surface area (Å²) in [5.74, 6) is 0.492. The first-order valence-corrected chi connectivity index (χ1v) is 7.60. The van der Waals surface area contributed by atoms with Crippen LogP contribution in [0.15, 0.2) is 24.3 Å². The molecule has 0 unspecified atom stereocenters. The second-order valence-electron chi connectivity index (χ2n) is 5.52. The van der Waals surface area contributed by atoms with Crippen molar-refractivity contribution in [1.29, 1.82) is 0 Å². The van der Waals surface area contributed by atoms with Crippen molar-refractivity contribution in [2.75, 3.05) is 18.0 Å². The first kappa shape index (κ1) is 17.2. The molecular weight excluding hydrogens is 264 g/mol. The molecule has 0 spiro atoms. The van der Waals surface area contributed by atoms with Crippen LogP contribution in [0.3, 0.4) is 0 Å². The van der Waals surface area contributed by atoms with Crippen LogP contribution in [0.25, 0.3) is 0 Å². The lowest BCUT2D eigenvalue weighted by atomic mass is 10.0. The van der Waals surface area contributed by atoms with Crippen LogP contribution in [0, 0.1) is 0 Å². The molecule has 1 rings (SSSR count). The lowest BCUT2D eigenvalue weighted by molar-refractivity contribution is -0.121. The second-order valence-corrected chi connectivity index (χ2v) is 5.52. The van der Waals surface area contributed by atoms with Crippen molar-refractivity contribution in [3.63, 3.8) is 0 Å². The highest BCUT2D eigenvalue weighted by atomic mass is 16.2. The fourth-order valence-electron chi connectivity index (χ4n) is 2.13. The van der Waals surface area contributed by atoms with Gasteiger partial charge in [-0.1, -0.05) is 32.9 Å². The van der Waals surface area contributed by atoms with E-state index in [0.29, 0.717) is 25.4 Å². The third kappa shape index (κ3) is 5.58. The monoisotopic (exact) mass is 290 g/mol. The van der Waals surface area contributed by atoms with E-state index in [1.54, 1.807) is 11.8 Å². The molecule has 0 fully saturated rings. The molecule has 1 aromatic rings. The van der Waals surface area contributed by atoms with E-state index in [1.165, 1.54) is 5.56 Å². The topological polar surface area (TPSA) is 49.4 Å². The summed E-state index contributed by atoms with van der Waals surface area (Å²) in [5.41, 5.74) is 2.12. The van der Waals surface area contributed by atoms with Gasteiger partial charge >= 0.3 is 0 Å². The van der Waals surface area contributed by atoms with E-state index >= 15 is 0 Å². The zero-order valence-electron chi connectivity index (χ0n) is 13.5. The van der Waals surface area contributed by atoms with Gasteiger partial charge in [-0.15, -0.1) is 0 Å². The molecule has 4 nitrogen and oxygen atoms in total. The maximum absolute atomic E-state index is 11.8. The first-order valence-electron chi connectivity index (χ1n) is 7.60. The molecule has 0 aliphatic carbocycles. The number of nitrogens with zero attached hydrogens (tertiary/aromatic N) is 1. The van der Waals surface area contributed by atoms with Crippen LogP contribution in [0.1, 0.15) is 52.0 Å². The predicted octanol–water partition coefficient (Wildman–Crippen LogP) is 3.08. The van der Waals surface area contributed by atoms with Gasteiger partial charge in [0.25, 0.3) is 0 Å². The third-order valence-electron chi connectivity index (χ3n) is 3.39. The smallest absolute Gasteiger partial charge is 0.223 e. The van der Waals surface area contributed by atoms with E-state index in [2.05, 4.69) is 19.2 Å². The Hall–Kier alpha value is -1.84. The van der Waals surface area contributed by atoms with E-state index in [1.807, 2.05) is 31.2 Å². The normalized spacial score (nSPS) is 10.5. The van der Waals surface area contributed by atoms with Gasteiger partial charge in [0, 0.05) is 32.1 Å². The molecule has 21 heavy (non-hydrogen) atoms. The highest BCUT2D eigenvalue weighted by molar-refractivity contribution is 5.91. The fraction of sp³-hybridized carbons (Fsp3) is 0.529. The van der Waals surface area contributed by atoms with Crippen LogP contribution in [-0.4, -0.2) is 24.9 Å². The highest BCUT2D eigenvalue weighted by Crippen LogP contribution is 2.20. The second kappa shape index (κ2) is 8.45. The number of hydrogen-bond donors (Lipinski definition) is 1. The molecule has 0 heterocycles. The summed E-state index contributed by atoms with van der Waals surface area (Å²) in [5, 5.41) is 2.84. The summed E-state index contributed by atoms with van der Waals surface area (Å²) < 4.78 is 0. The largest absolute Gasteiger partial charge is 0.354 e. The molecule has 2 amide bonds. The van der Waals surface area contributed by atoms with Crippen LogP contribution in [-0.2, 0) is 9.59 Å². The maximum Gasteiger partial charge on any atom is 0.223 e. The molecule has 0 aliphatic rings. The van der Waals surface area contributed by atoms with Crippen LogP contribution in [0.5, 0.6) is 0 Å². The Kier molecular flexibility index (Phi) is 6.92. The predicted molar refractivity (Wildman–Crippen MR) is 86.5 cm³/mol. The summed E-state index contributed by atoms with van der Waals surface area (Å²) in [6.07, 6.45) is 1.36. The molecule has 1 aromatic carbocycles. The summed E-state index contributed by atoms with van der Waals surface area (Å²) in [6.45, 7) is 8.76. The zero-order valence-corrected chi connectivity index (χ0v) is 13.5. The minimum absolute atomic E-state index is 0.0166. The number of nitrogens with one attached hydrogen (secondary N) is 1. The Morgan fingerprint density at radius 1 is 1.19 bits per heavy atom. The van der Waals surface area contributed by atoms with Gasteiger partial charge in [-0.05, 0) is 30.0 Å². The molecule has 0 atom stereocenters. The van der Waals surface area contributed by atoms with Gasteiger partial charge in [0.2, 0.25) is 11.8 Å². The molecule has 4 heteroatoms. The summed E-state index contributed by atoms with van der Waals surface area (Å²) in [7, 11) is 0. The van der Waals surface area contributed by atoms with Gasteiger partial charge in [-0.25, -0.2) is 0 Å². The van der Waals surface area contributed by atoms with Crippen molar-refractivity contribution < 1.29 is 9.59 Å². The molecule has 0 bridgehead atoms. The summed E-state index contributed by atoms with van der Waals surface area (Å²) in [6, 6.07) is 8.02. The molecule has 0 aliphatic heterocycles. The zero-order chi connectivity index (χ0) is 15.8. The van der Waals surface area contributed by atoms with Crippen molar-refractivity contribution in [3.05, 3.63) is 29.8 Å². The van der Waals surface area contributed by atoms with E-state index in [0.717, 1.165) is 12.1 Å². The van der Waals surface area contributed by atoms with Gasteiger partial charge in [-0.3, -0.25) is 9.59 Å². The minimum atomic E-state index is -0.0166. The molecule has 0 saturated heterocycles. The number of carbonyl (C=O) groups is 2. The van der Waals surface area contributed by atoms with Gasteiger partial charge in [0.1, 0.15) is 0 Å². The number of carbonyl (C=O) groups excluding carboxylic acids is 2. The Bertz CT molecular complexity index is 466. The maximum atomic E-state index is 11.8. The van der Waals surface area contributed by atoms with Crippen LogP contribution < -0.4 is 10.2 Å². The Balaban J connectivity index is 2.65. The molecule has 0 radical (unpaired) electrons. The Morgan fingerprint density at radius 2 is 1.81 bits per heavy atom. The molecule has 1 N–H and O–H groups in total. The quantitative estimate of drug-likeness (QED) is 0.839. The van der Waals surface area contributed by atoms with E-state index in [9.17, 15) is 9.59 Å². The van der Waals surface area contributed by atoms with Gasteiger partial charge in [0.05, 0.1) is 0 Å². The van der Waals surface area contributed by atoms with Crippen molar-refractivity contribution in [1.82, 2.24) is 5.32 Å². The fourth-order valence-corrected chi connectivity index (χ4v) is 2.13. The van der Waals surface area contributed by atoms with Crippen molar-refractivity contribution in [2.45, 2.75) is 46.5 Å². The van der Waals surface area contributed by atoms with Crippen molar-refractivity contribution in [2.24, 2.45) is 0 Å². The van der Waals surface area contributed by atoms with E-state index < -0.39 is 0 Å². The van der Waals surface area contributed by atoms with Gasteiger partial charge in [-0.2, -0.15) is 0 Å². The SMILES string of the molecule is CCCC(=O)NCCN(C(C)=O)c1ccc(C(C)C)cc1. The number of benzene rings is 1. The van der Waals surface area contributed by atoms with Gasteiger partial charge < -0.3 is 10.2 Å². The number of amides is 2. The van der Waals surface area contributed by atoms with E-state index in [4.69, 9.17) is 0 Å². The van der Waals surface area contributed by atoms with Crippen molar-refractivity contribution in [3.8, 4) is 0 Å². The first-order chi connectivity index (χ1) is 9.95. The number of rotatable bonds is 7. The summed E-state index contributed by atoms with van der Waals surface area (Å²) in [4.78, 5) is 24.9. The lowest BCUT2D eigenvalue weighted by Gasteiger charge is -2.22. The minimum Gasteiger partial charge on any atom is -0.354 e. The molecule has 116 valence electrons. The highest BCUT2D eigenvalue weighted by Gasteiger charge is 2.12. The lowest BCUT2D eigenvalue weighted by Crippen LogP contribution is -2.37. The third-order valence-corrected chi connectivity index (χ3v) is 3.39. The molecule has 0 saturated carbocycles. The van der Waals surface area contributed by atoms with Crippen LogP contribution in [0.4, 0.5) is 5.69 Å². The van der Waals surface area contributed by atoms with Crippen molar-refractivity contribution >= 4 is 17.5 Å². The van der Waals surface area contributed by atoms with Crippen LogP contribution >= 0.6 is 0 Å². The summed E-state index contributed by atoms with van der Waals surface area (Å²) >= 11 is 0. The molecule has 0 aromatic heterocycles.